The number of hydrogen-bond donors (Lipinski definition) is 1. The van der Waals surface area contributed by atoms with Gasteiger partial charge in [0.05, 0.1) is 16.4 Å². The molecule has 0 saturated heterocycles. The Labute approximate surface area is 196 Å². The Morgan fingerprint density at radius 3 is 2.19 bits per heavy atom. The Morgan fingerprint density at radius 1 is 0.839 bits per heavy atom. The molecule has 3 aromatic carbocycles. The smallest absolute Gasteiger partial charge is 0.283 e. The first kappa shape index (κ1) is 21.7. The SMILES string of the molecule is O=C1C(Nc2ccccc2F)=C(Sc2ccc(Cl)cc2)C(=O)N1c1ccc(Cl)cc1Cl. The summed E-state index contributed by atoms with van der Waals surface area (Å²) in [6, 6.07) is 17.1. The van der Waals surface area contributed by atoms with E-state index in [0.717, 1.165) is 16.7 Å². The van der Waals surface area contributed by atoms with Gasteiger partial charge in [0.1, 0.15) is 16.4 Å². The Balaban J connectivity index is 1.78. The molecule has 1 N–H and O–H groups in total. The van der Waals surface area contributed by atoms with E-state index in [2.05, 4.69) is 5.32 Å². The van der Waals surface area contributed by atoms with Gasteiger partial charge in [0.2, 0.25) is 0 Å². The highest BCUT2D eigenvalue weighted by atomic mass is 35.5. The standard InChI is InChI=1S/C22H12Cl3FN2O2S/c23-12-5-8-14(9-6-12)31-20-19(27-17-4-2-1-3-16(17)26)21(29)28(22(20)30)18-10-7-13(24)11-15(18)25/h1-11,27H. The highest BCUT2D eigenvalue weighted by molar-refractivity contribution is 8.04. The summed E-state index contributed by atoms with van der Waals surface area (Å²) in [6.07, 6.45) is 0. The van der Waals surface area contributed by atoms with Crippen molar-refractivity contribution in [3.05, 3.63) is 98.2 Å². The van der Waals surface area contributed by atoms with E-state index >= 15 is 0 Å². The Morgan fingerprint density at radius 2 is 1.52 bits per heavy atom. The molecule has 4 rings (SSSR count). The lowest BCUT2D eigenvalue weighted by molar-refractivity contribution is -0.120. The van der Waals surface area contributed by atoms with Crippen molar-refractivity contribution in [2.45, 2.75) is 4.90 Å². The van der Waals surface area contributed by atoms with Crippen LogP contribution in [-0.2, 0) is 9.59 Å². The molecule has 9 heteroatoms. The van der Waals surface area contributed by atoms with Crippen LogP contribution in [-0.4, -0.2) is 11.8 Å². The number of carbonyl (C=O) groups is 2. The lowest BCUT2D eigenvalue weighted by Crippen LogP contribution is -2.32. The average molecular weight is 494 g/mol. The topological polar surface area (TPSA) is 49.4 Å². The largest absolute Gasteiger partial charge is 0.348 e. The number of nitrogens with zero attached hydrogens (tertiary/aromatic N) is 1. The van der Waals surface area contributed by atoms with Gasteiger partial charge in [0.15, 0.2) is 0 Å². The molecule has 0 aromatic heterocycles. The number of para-hydroxylation sites is 1. The maximum atomic E-state index is 14.2. The third-order valence-electron chi connectivity index (χ3n) is 4.36. The van der Waals surface area contributed by atoms with Crippen molar-refractivity contribution >= 4 is 69.8 Å². The summed E-state index contributed by atoms with van der Waals surface area (Å²) >= 11 is 19.2. The highest BCUT2D eigenvalue weighted by Gasteiger charge is 2.41. The van der Waals surface area contributed by atoms with Crippen LogP contribution in [0.2, 0.25) is 15.1 Å². The molecule has 0 atom stereocenters. The van der Waals surface area contributed by atoms with E-state index in [1.54, 1.807) is 30.3 Å². The minimum atomic E-state index is -0.658. The van der Waals surface area contributed by atoms with Crippen LogP contribution in [0.4, 0.5) is 15.8 Å². The molecule has 156 valence electrons. The van der Waals surface area contributed by atoms with Crippen molar-refractivity contribution in [1.82, 2.24) is 0 Å². The van der Waals surface area contributed by atoms with Crippen LogP contribution in [0.15, 0.2) is 82.2 Å². The van der Waals surface area contributed by atoms with E-state index in [4.69, 9.17) is 34.8 Å². The van der Waals surface area contributed by atoms with Crippen molar-refractivity contribution in [1.29, 1.82) is 0 Å². The molecular formula is C22H12Cl3FN2O2S. The van der Waals surface area contributed by atoms with Crippen LogP contribution in [0, 0.1) is 5.82 Å². The molecule has 4 nitrogen and oxygen atoms in total. The Bertz CT molecular complexity index is 1230. The van der Waals surface area contributed by atoms with Crippen LogP contribution < -0.4 is 10.2 Å². The molecule has 0 unspecified atom stereocenters. The lowest BCUT2D eigenvalue weighted by Gasteiger charge is -2.17. The number of nitrogens with one attached hydrogen (secondary N) is 1. The number of anilines is 2. The van der Waals surface area contributed by atoms with Gasteiger partial charge in [-0.25, -0.2) is 9.29 Å². The molecule has 2 amide bonds. The first-order chi connectivity index (χ1) is 14.8. The number of thioether (sulfide) groups is 1. The number of carbonyl (C=O) groups excluding carboxylic acids is 2. The summed E-state index contributed by atoms with van der Waals surface area (Å²) in [6.45, 7) is 0. The van der Waals surface area contributed by atoms with Crippen molar-refractivity contribution in [2.24, 2.45) is 0 Å². The summed E-state index contributed by atoms with van der Waals surface area (Å²) in [7, 11) is 0. The van der Waals surface area contributed by atoms with Gasteiger partial charge in [-0.15, -0.1) is 0 Å². The first-order valence-corrected chi connectivity index (χ1v) is 10.8. The van der Waals surface area contributed by atoms with Crippen molar-refractivity contribution in [3.63, 3.8) is 0 Å². The Hall–Kier alpha value is -2.51. The molecule has 1 aliphatic heterocycles. The minimum Gasteiger partial charge on any atom is -0.348 e. The number of hydrogen-bond acceptors (Lipinski definition) is 4. The maximum absolute atomic E-state index is 14.2. The summed E-state index contributed by atoms with van der Waals surface area (Å²) in [4.78, 5) is 28.3. The molecule has 0 spiro atoms. The van der Waals surface area contributed by atoms with Gasteiger partial charge >= 0.3 is 0 Å². The average Bonchev–Trinajstić information content (AvgIpc) is 2.96. The fourth-order valence-electron chi connectivity index (χ4n) is 2.91. The monoisotopic (exact) mass is 492 g/mol. The fraction of sp³-hybridized carbons (Fsp3) is 0. The van der Waals surface area contributed by atoms with Crippen LogP contribution in [0.3, 0.4) is 0 Å². The zero-order chi connectivity index (χ0) is 22.1. The van der Waals surface area contributed by atoms with E-state index < -0.39 is 17.6 Å². The van der Waals surface area contributed by atoms with Crippen LogP contribution in [0.25, 0.3) is 0 Å². The Kier molecular flexibility index (Phi) is 6.25. The highest BCUT2D eigenvalue weighted by Crippen LogP contribution is 2.40. The van der Waals surface area contributed by atoms with Crippen molar-refractivity contribution < 1.29 is 14.0 Å². The van der Waals surface area contributed by atoms with Gasteiger partial charge in [-0.2, -0.15) is 0 Å². The second-order valence-corrected chi connectivity index (χ2v) is 8.77. The maximum Gasteiger partial charge on any atom is 0.283 e. The van der Waals surface area contributed by atoms with Crippen LogP contribution in [0.1, 0.15) is 0 Å². The lowest BCUT2D eigenvalue weighted by atomic mass is 10.2. The van der Waals surface area contributed by atoms with Gasteiger partial charge in [-0.3, -0.25) is 9.59 Å². The molecular weight excluding hydrogens is 482 g/mol. The van der Waals surface area contributed by atoms with E-state index in [1.807, 2.05) is 0 Å². The van der Waals surface area contributed by atoms with Gasteiger partial charge < -0.3 is 5.32 Å². The summed E-state index contributed by atoms with van der Waals surface area (Å²) < 4.78 is 14.2. The third kappa shape index (κ3) is 4.43. The molecule has 1 aliphatic rings. The van der Waals surface area contributed by atoms with Gasteiger partial charge in [0.25, 0.3) is 11.8 Å². The quantitative estimate of drug-likeness (QED) is 0.398. The number of imide groups is 1. The van der Waals surface area contributed by atoms with E-state index in [0.29, 0.717) is 14.9 Å². The third-order valence-corrected chi connectivity index (χ3v) is 6.24. The predicted molar refractivity (Wildman–Crippen MR) is 123 cm³/mol. The van der Waals surface area contributed by atoms with Gasteiger partial charge in [-0.05, 0) is 54.6 Å². The zero-order valence-electron chi connectivity index (χ0n) is 15.5. The van der Waals surface area contributed by atoms with E-state index in [1.165, 1.54) is 36.4 Å². The number of benzene rings is 3. The number of rotatable bonds is 5. The summed E-state index contributed by atoms with van der Waals surface area (Å²) in [5, 5.41) is 3.81. The molecule has 0 fully saturated rings. The molecule has 3 aromatic rings. The van der Waals surface area contributed by atoms with Crippen molar-refractivity contribution in [2.75, 3.05) is 10.2 Å². The fourth-order valence-corrected chi connectivity index (χ4v) is 4.46. The second kappa shape index (κ2) is 8.93. The van der Waals surface area contributed by atoms with Crippen molar-refractivity contribution in [3.8, 4) is 0 Å². The van der Waals surface area contributed by atoms with Crippen LogP contribution in [0.5, 0.6) is 0 Å². The molecule has 0 aliphatic carbocycles. The number of halogens is 4. The van der Waals surface area contributed by atoms with E-state index in [-0.39, 0.29) is 27.0 Å². The molecule has 31 heavy (non-hydrogen) atoms. The molecule has 0 radical (unpaired) electrons. The normalized spacial score (nSPS) is 13.9. The summed E-state index contributed by atoms with van der Waals surface area (Å²) in [5.41, 5.74) is 0.193. The van der Waals surface area contributed by atoms with E-state index in [9.17, 15) is 14.0 Å². The van der Waals surface area contributed by atoms with Crippen LogP contribution >= 0.6 is 46.6 Å². The predicted octanol–water partition coefficient (Wildman–Crippen LogP) is 6.78. The first-order valence-electron chi connectivity index (χ1n) is 8.88. The number of amides is 2. The molecule has 0 bridgehead atoms. The minimum absolute atomic E-state index is 0.0546. The second-order valence-electron chi connectivity index (χ2n) is 6.41. The molecule has 1 heterocycles. The zero-order valence-corrected chi connectivity index (χ0v) is 18.6. The van der Waals surface area contributed by atoms with Gasteiger partial charge in [-0.1, -0.05) is 58.7 Å². The molecule has 0 saturated carbocycles. The van der Waals surface area contributed by atoms with Gasteiger partial charge in [0, 0.05) is 14.9 Å². The summed E-state index contributed by atoms with van der Waals surface area (Å²) in [5.74, 6) is -1.81.